The molecule has 1 saturated carbocycles. The number of hydrogen-bond donors (Lipinski definition) is 0. The highest BCUT2D eigenvalue weighted by Crippen LogP contribution is 2.44. The third-order valence-electron chi connectivity index (χ3n) is 3.10. The largest absolute Gasteiger partial charge is 0.0891 e. The second kappa shape index (κ2) is 6.02. The molecule has 1 fully saturated rings. The fraction of sp³-hybridized carbons (Fsp3) is 1.00. The van der Waals surface area contributed by atoms with Gasteiger partial charge >= 0.3 is 0 Å². The van der Waals surface area contributed by atoms with Gasteiger partial charge in [0.15, 0.2) is 0 Å². The molecule has 14 heavy (non-hydrogen) atoms. The first-order valence-corrected chi connectivity index (χ1v) is 8.67. The molecule has 0 saturated heterocycles. The topological polar surface area (TPSA) is 0 Å². The summed E-state index contributed by atoms with van der Waals surface area (Å²) in [5.74, 6) is 1.46. The maximum Gasteiger partial charge on any atom is 0.0312 e. The minimum Gasteiger partial charge on any atom is -0.0891 e. The second-order valence-corrected chi connectivity index (χ2v) is 9.26. The molecule has 4 heteroatoms. The van der Waals surface area contributed by atoms with Gasteiger partial charge in [-0.25, -0.2) is 0 Å². The van der Waals surface area contributed by atoms with Crippen LogP contribution in [0.4, 0.5) is 0 Å². The van der Waals surface area contributed by atoms with Gasteiger partial charge in [0.25, 0.3) is 0 Å². The Hall–Kier alpha value is 1.92. The Morgan fingerprint density at radius 1 is 1.00 bits per heavy atom. The lowest BCUT2D eigenvalue weighted by molar-refractivity contribution is 0.258. The normalized spacial score (nSPS) is 43.3. The first-order chi connectivity index (χ1) is 6.45. The van der Waals surface area contributed by atoms with E-state index in [-0.39, 0.29) is 0 Å². The molecule has 1 aliphatic rings. The summed E-state index contributed by atoms with van der Waals surface area (Å²) in [5, 5.41) is 0. The van der Waals surface area contributed by atoms with Crippen molar-refractivity contribution in [2.24, 2.45) is 11.8 Å². The summed E-state index contributed by atoms with van der Waals surface area (Å²) in [7, 11) is 0. The Balaban J connectivity index is 2.76. The molecule has 0 bridgehead atoms. The monoisotopic (exact) mass is 452 g/mol. The summed E-state index contributed by atoms with van der Waals surface area (Å²) in [4.78, 5) is 2.37. The highest BCUT2D eigenvalue weighted by Gasteiger charge is 2.40. The average molecular weight is 456 g/mol. The summed E-state index contributed by atoms with van der Waals surface area (Å²) < 4.78 is 0. The molecule has 1 rings (SSSR count). The van der Waals surface area contributed by atoms with E-state index in [1.807, 2.05) is 0 Å². The van der Waals surface area contributed by atoms with Crippen LogP contribution in [-0.2, 0) is 0 Å². The van der Waals surface area contributed by atoms with Crippen LogP contribution in [-0.4, -0.2) is 19.3 Å². The van der Waals surface area contributed by atoms with E-state index in [2.05, 4.69) is 77.6 Å². The zero-order valence-electron chi connectivity index (χ0n) is 8.39. The van der Waals surface area contributed by atoms with Gasteiger partial charge in [0.2, 0.25) is 0 Å². The average Bonchev–Trinajstić information content (AvgIpc) is 2.08. The molecule has 0 aromatic carbocycles. The van der Waals surface area contributed by atoms with Crippen molar-refractivity contribution in [2.45, 2.75) is 46.0 Å². The highest BCUT2D eigenvalue weighted by atomic mass is 79.9. The second-order valence-electron chi connectivity index (χ2n) is 4.13. The van der Waals surface area contributed by atoms with Gasteiger partial charge in [-0.15, -0.1) is 0 Å². The van der Waals surface area contributed by atoms with Gasteiger partial charge < -0.3 is 0 Å². The van der Waals surface area contributed by atoms with Crippen LogP contribution in [0.3, 0.4) is 0 Å². The Morgan fingerprint density at radius 2 is 1.57 bits per heavy atom. The highest BCUT2D eigenvalue weighted by molar-refractivity contribution is 9.12. The SMILES string of the molecule is CC(Br)C1CCC(Br)C(Br)C1C(C)Br. The molecule has 0 aromatic rings. The Morgan fingerprint density at radius 3 is 2.00 bits per heavy atom. The van der Waals surface area contributed by atoms with E-state index < -0.39 is 0 Å². The molecule has 0 radical (unpaired) electrons. The maximum atomic E-state index is 3.83. The van der Waals surface area contributed by atoms with Gasteiger partial charge in [-0.05, 0) is 24.7 Å². The minimum atomic E-state index is 0.567. The van der Waals surface area contributed by atoms with E-state index in [1.54, 1.807) is 0 Å². The predicted molar refractivity (Wildman–Crippen MR) is 78.4 cm³/mol. The minimum absolute atomic E-state index is 0.567. The van der Waals surface area contributed by atoms with E-state index >= 15 is 0 Å². The van der Waals surface area contributed by atoms with Crippen molar-refractivity contribution in [1.29, 1.82) is 0 Å². The molecule has 0 N–H and O–H groups in total. The van der Waals surface area contributed by atoms with Crippen LogP contribution < -0.4 is 0 Å². The third kappa shape index (κ3) is 3.21. The summed E-state index contributed by atoms with van der Waals surface area (Å²) in [6, 6.07) is 0. The van der Waals surface area contributed by atoms with Crippen LogP contribution in [0.1, 0.15) is 26.7 Å². The van der Waals surface area contributed by atoms with Gasteiger partial charge in [-0.1, -0.05) is 77.6 Å². The summed E-state index contributed by atoms with van der Waals surface area (Å²) in [5.41, 5.74) is 0. The molecular formula is C10H16Br4. The smallest absolute Gasteiger partial charge is 0.0312 e. The van der Waals surface area contributed by atoms with Crippen molar-refractivity contribution >= 4 is 63.7 Å². The van der Waals surface area contributed by atoms with E-state index in [9.17, 15) is 0 Å². The molecule has 0 spiro atoms. The molecule has 0 nitrogen and oxygen atoms in total. The number of halogens is 4. The fourth-order valence-electron chi connectivity index (χ4n) is 2.31. The van der Waals surface area contributed by atoms with E-state index in [1.165, 1.54) is 12.8 Å². The molecule has 84 valence electrons. The lowest BCUT2D eigenvalue weighted by Gasteiger charge is -2.41. The van der Waals surface area contributed by atoms with Crippen LogP contribution in [0.5, 0.6) is 0 Å². The van der Waals surface area contributed by atoms with E-state index in [4.69, 9.17) is 0 Å². The Bertz CT molecular complexity index is 181. The molecule has 0 aliphatic heterocycles. The van der Waals surface area contributed by atoms with Crippen LogP contribution in [0.25, 0.3) is 0 Å². The molecule has 0 amide bonds. The predicted octanol–water partition coefficient (Wildman–Crippen LogP) is 5.11. The van der Waals surface area contributed by atoms with Gasteiger partial charge in [-0.3, -0.25) is 0 Å². The van der Waals surface area contributed by atoms with Crippen LogP contribution in [0.2, 0.25) is 0 Å². The fourth-order valence-corrected chi connectivity index (χ4v) is 5.79. The van der Waals surface area contributed by atoms with Crippen molar-refractivity contribution in [3.8, 4) is 0 Å². The first kappa shape index (κ1) is 14.0. The van der Waals surface area contributed by atoms with E-state index in [0.717, 1.165) is 5.92 Å². The molecule has 0 heterocycles. The van der Waals surface area contributed by atoms with E-state index in [0.29, 0.717) is 25.2 Å². The summed E-state index contributed by atoms with van der Waals surface area (Å²) >= 11 is 15.1. The third-order valence-corrected chi connectivity index (χ3v) is 7.38. The summed E-state index contributed by atoms with van der Waals surface area (Å²) in [6.07, 6.45) is 2.58. The molecule has 6 atom stereocenters. The lowest BCUT2D eigenvalue weighted by atomic mass is 9.76. The molecule has 6 unspecified atom stereocenters. The van der Waals surface area contributed by atoms with Crippen LogP contribution in [0, 0.1) is 11.8 Å². The molecular weight excluding hydrogens is 440 g/mol. The van der Waals surface area contributed by atoms with Crippen molar-refractivity contribution in [1.82, 2.24) is 0 Å². The van der Waals surface area contributed by atoms with Gasteiger partial charge in [-0.2, -0.15) is 0 Å². The van der Waals surface area contributed by atoms with Crippen LogP contribution in [0.15, 0.2) is 0 Å². The molecule has 1 aliphatic carbocycles. The lowest BCUT2D eigenvalue weighted by Crippen LogP contribution is -2.42. The number of hydrogen-bond acceptors (Lipinski definition) is 0. The van der Waals surface area contributed by atoms with Crippen molar-refractivity contribution < 1.29 is 0 Å². The van der Waals surface area contributed by atoms with Crippen LogP contribution >= 0.6 is 63.7 Å². The van der Waals surface area contributed by atoms with Gasteiger partial charge in [0.05, 0.1) is 0 Å². The Labute approximate surface area is 120 Å². The summed E-state index contributed by atoms with van der Waals surface area (Å²) in [6.45, 7) is 4.52. The maximum absolute atomic E-state index is 3.83. The zero-order chi connectivity index (χ0) is 10.9. The quantitative estimate of drug-likeness (QED) is 0.508. The Kier molecular flexibility index (Phi) is 6.01. The zero-order valence-corrected chi connectivity index (χ0v) is 14.7. The van der Waals surface area contributed by atoms with Gasteiger partial charge in [0, 0.05) is 19.3 Å². The van der Waals surface area contributed by atoms with Gasteiger partial charge in [0.1, 0.15) is 0 Å². The number of alkyl halides is 4. The molecule has 0 aromatic heterocycles. The van der Waals surface area contributed by atoms with Crippen molar-refractivity contribution in [3.05, 3.63) is 0 Å². The first-order valence-electron chi connectivity index (χ1n) is 5.01. The van der Waals surface area contributed by atoms with Crippen molar-refractivity contribution in [3.63, 3.8) is 0 Å². The van der Waals surface area contributed by atoms with Crippen molar-refractivity contribution in [2.75, 3.05) is 0 Å². The number of rotatable bonds is 2. The standard InChI is InChI=1S/C10H16Br4/c1-5(11)7-3-4-8(13)10(14)9(7)6(2)12/h5-10H,3-4H2,1-2H3.